The minimum absolute atomic E-state index is 0.00949. The van der Waals surface area contributed by atoms with E-state index in [1.165, 1.54) is 50.2 Å². The van der Waals surface area contributed by atoms with Gasteiger partial charge in [-0.25, -0.2) is 0 Å². The fraction of sp³-hybridized carbons (Fsp3) is 0.180. The zero-order chi connectivity index (χ0) is 35.7. The standard InChI is InChI=1S/C50H47N2/c1-5-49(4)47-30-29-40(36-46(47)48-28-17-18-31-51(48)50(49,6-2)7-3)39-24-19-27-44(33-39)52(43-25-15-10-16-26-43)45-34-41(37-20-11-8-12-21-37)32-42(35-45)38-22-13-9-14-23-38/h8-36H,5-7H2,1-4H3/q+1. The Morgan fingerprint density at radius 2 is 0.981 bits per heavy atom. The Bertz CT molecular complexity index is 2270. The lowest BCUT2D eigenvalue weighted by atomic mass is 9.58. The highest BCUT2D eigenvalue weighted by Gasteiger charge is 2.58. The molecule has 0 amide bonds. The van der Waals surface area contributed by atoms with Crippen molar-refractivity contribution in [2.75, 3.05) is 4.90 Å². The number of anilines is 3. The molecular formula is C50H47N2+. The molecule has 0 saturated carbocycles. The Morgan fingerprint density at radius 1 is 0.442 bits per heavy atom. The SMILES string of the molecule is CCC1(C)c2ccc(-c3cccc(N(c4ccccc4)c4cc(-c5ccccc5)cc(-c5ccccc5)c4)c3)cc2-c2cccc[n+]2C1(CC)CC. The van der Waals surface area contributed by atoms with Gasteiger partial charge in [0.1, 0.15) is 0 Å². The van der Waals surface area contributed by atoms with Gasteiger partial charge in [-0.1, -0.05) is 124 Å². The Morgan fingerprint density at radius 3 is 1.60 bits per heavy atom. The third-order valence-corrected chi connectivity index (χ3v) is 12.0. The van der Waals surface area contributed by atoms with Crippen molar-refractivity contribution in [1.82, 2.24) is 0 Å². The molecule has 8 rings (SSSR count). The van der Waals surface area contributed by atoms with Crippen molar-refractivity contribution in [2.24, 2.45) is 0 Å². The molecular weight excluding hydrogens is 629 g/mol. The van der Waals surface area contributed by atoms with E-state index in [4.69, 9.17) is 0 Å². The minimum Gasteiger partial charge on any atom is -0.310 e. The van der Waals surface area contributed by atoms with Gasteiger partial charge in [0.15, 0.2) is 11.7 Å². The molecule has 2 nitrogen and oxygen atoms in total. The molecule has 256 valence electrons. The van der Waals surface area contributed by atoms with Gasteiger partial charge >= 0.3 is 0 Å². The summed E-state index contributed by atoms with van der Waals surface area (Å²) in [5, 5.41) is 0. The summed E-state index contributed by atoms with van der Waals surface area (Å²) in [6.07, 6.45) is 5.57. The van der Waals surface area contributed by atoms with E-state index in [9.17, 15) is 0 Å². The molecule has 1 aliphatic rings. The molecule has 6 aromatic carbocycles. The van der Waals surface area contributed by atoms with E-state index in [2.05, 4.69) is 213 Å². The number of para-hydroxylation sites is 1. The van der Waals surface area contributed by atoms with Crippen LogP contribution < -0.4 is 9.47 Å². The number of aromatic nitrogens is 1. The summed E-state index contributed by atoms with van der Waals surface area (Å²) in [4.78, 5) is 2.40. The van der Waals surface area contributed by atoms with Crippen LogP contribution in [0.15, 0.2) is 176 Å². The number of hydrogen-bond acceptors (Lipinski definition) is 1. The molecule has 1 atom stereocenters. The molecule has 1 aromatic heterocycles. The van der Waals surface area contributed by atoms with Gasteiger partial charge in [-0.15, -0.1) is 0 Å². The van der Waals surface area contributed by atoms with Crippen LogP contribution in [-0.4, -0.2) is 0 Å². The van der Waals surface area contributed by atoms with Crippen LogP contribution in [0.4, 0.5) is 17.1 Å². The van der Waals surface area contributed by atoms with Crippen LogP contribution in [0.25, 0.3) is 44.6 Å². The second kappa shape index (κ2) is 13.8. The third kappa shape index (κ3) is 5.54. The first-order chi connectivity index (χ1) is 25.5. The van der Waals surface area contributed by atoms with Crippen LogP contribution in [0.2, 0.25) is 0 Å². The van der Waals surface area contributed by atoms with E-state index < -0.39 is 0 Å². The van der Waals surface area contributed by atoms with Gasteiger partial charge in [-0.2, -0.15) is 4.57 Å². The average Bonchev–Trinajstić information content (AvgIpc) is 3.22. The first-order valence-corrected chi connectivity index (χ1v) is 18.9. The number of hydrogen-bond donors (Lipinski definition) is 0. The summed E-state index contributed by atoms with van der Waals surface area (Å²) >= 11 is 0. The number of benzene rings is 6. The molecule has 0 radical (unpaired) electrons. The van der Waals surface area contributed by atoms with Crippen LogP contribution in [0.5, 0.6) is 0 Å². The van der Waals surface area contributed by atoms with E-state index >= 15 is 0 Å². The predicted molar refractivity (Wildman–Crippen MR) is 219 cm³/mol. The molecule has 2 heteroatoms. The fourth-order valence-electron chi connectivity index (χ4n) is 9.04. The van der Waals surface area contributed by atoms with Crippen molar-refractivity contribution < 1.29 is 4.57 Å². The zero-order valence-electron chi connectivity index (χ0n) is 30.8. The van der Waals surface area contributed by atoms with Crippen molar-refractivity contribution in [3.05, 3.63) is 182 Å². The highest BCUT2D eigenvalue weighted by Crippen LogP contribution is 2.52. The zero-order valence-corrected chi connectivity index (χ0v) is 30.8. The van der Waals surface area contributed by atoms with Gasteiger partial charge in [-0.05, 0) is 107 Å². The summed E-state index contributed by atoms with van der Waals surface area (Å²) in [5.74, 6) is 0. The van der Waals surface area contributed by atoms with Crippen LogP contribution in [0.1, 0.15) is 52.5 Å². The van der Waals surface area contributed by atoms with Crippen LogP contribution in [0, 0.1) is 0 Å². The summed E-state index contributed by atoms with van der Waals surface area (Å²) in [6, 6.07) is 62.1. The van der Waals surface area contributed by atoms with Gasteiger partial charge in [-0.3, -0.25) is 0 Å². The molecule has 0 fully saturated rings. The molecule has 2 heterocycles. The number of pyridine rings is 1. The van der Waals surface area contributed by atoms with E-state index in [1.807, 2.05) is 0 Å². The molecule has 1 unspecified atom stereocenters. The number of fused-ring (bicyclic) bond motifs is 3. The van der Waals surface area contributed by atoms with Crippen molar-refractivity contribution in [3.63, 3.8) is 0 Å². The Balaban J connectivity index is 1.29. The Hall–Kier alpha value is -5.73. The normalized spacial score (nSPS) is 15.8. The summed E-state index contributed by atoms with van der Waals surface area (Å²) < 4.78 is 2.60. The van der Waals surface area contributed by atoms with Gasteiger partial charge in [0, 0.05) is 42.0 Å². The molecule has 0 N–H and O–H groups in total. The molecule has 7 aromatic rings. The van der Waals surface area contributed by atoms with Gasteiger partial charge < -0.3 is 4.90 Å². The topological polar surface area (TPSA) is 7.12 Å². The maximum Gasteiger partial charge on any atom is 0.213 e. The molecule has 0 spiro atoms. The lowest BCUT2D eigenvalue weighted by Gasteiger charge is -2.47. The smallest absolute Gasteiger partial charge is 0.213 e. The Labute approximate surface area is 309 Å². The van der Waals surface area contributed by atoms with Gasteiger partial charge in [0.25, 0.3) is 0 Å². The maximum atomic E-state index is 2.60. The summed E-state index contributed by atoms with van der Waals surface area (Å²) in [5.41, 5.74) is 14.7. The second-order valence-corrected chi connectivity index (χ2v) is 14.4. The van der Waals surface area contributed by atoms with Crippen LogP contribution in [-0.2, 0) is 11.0 Å². The third-order valence-electron chi connectivity index (χ3n) is 12.0. The van der Waals surface area contributed by atoms with E-state index in [0.29, 0.717) is 0 Å². The van der Waals surface area contributed by atoms with Crippen molar-refractivity contribution in [2.45, 2.75) is 57.9 Å². The first kappa shape index (κ1) is 33.4. The van der Waals surface area contributed by atoms with Crippen molar-refractivity contribution >= 4 is 17.1 Å². The lowest BCUT2D eigenvalue weighted by Crippen LogP contribution is -2.68. The van der Waals surface area contributed by atoms with Crippen LogP contribution >= 0.6 is 0 Å². The molecule has 52 heavy (non-hydrogen) atoms. The molecule has 0 aliphatic carbocycles. The van der Waals surface area contributed by atoms with E-state index in [1.54, 1.807) is 0 Å². The lowest BCUT2D eigenvalue weighted by molar-refractivity contribution is -0.769. The number of nitrogens with zero attached hydrogens (tertiary/aromatic N) is 2. The van der Waals surface area contributed by atoms with Crippen molar-refractivity contribution in [1.29, 1.82) is 0 Å². The average molecular weight is 676 g/mol. The predicted octanol–water partition coefficient (Wildman–Crippen LogP) is 13.3. The minimum atomic E-state index is 0.00949. The van der Waals surface area contributed by atoms with E-state index in [0.717, 1.165) is 36.3 Å². The quantitative estimate of drug-likeness (QED) is 0.138. The Kier molecular flexibility index (Phi) is 8.85. The summed E-state index contributed by atoms with van der Waals surface area (Å²) in [6.45, 7) is 9.59. The number of rotatable bonds is 9. The highest BCUT2D eigenvalue weighted by atomic mass is 15.1. The second-order valence-electron chi connectivity index (χ2n) is 14.4. The van der Waals surface area contributed by atoms with Gasteiger partial charge in [0.05, 0.1) is 11.0 Å². The largest absolute Gasteiger partial charge is 0.310 e. The monoisotopic (exact) mass is 675 g/mol. The highest BCUT2D eigenvalue weighted by molar-refractivity contribution is 5.86. The van der Waals surface area contributed by atoms with E-state index in [-0.39, 0.29) is 11.0 Å². The maximum absolute atomic E-state index is 2.60. The molecule has 0 bridgehead atoms. The summed E-state index contributed by atoms with van der Waals surface area (Å²) in [7, 11) is 0. The molecule has 1 aliphatic heterocycles. The first-order valence-electron chi connectivity index (χ1n) is 18.9. The molecule has 0 saturated heterocycles. The van der Waals surface area contributed by atoms with Crippen LogP contribution in [0.3, 0.4) is 0 Å². The van der Waals surface area contributed by atoms with Gasteiger partial charge in [0.2, 0.25) is 5.69 Å². The van der Waals surface area contributed by atoms with Crippen molar-refractivity contribution in [3.8, 4) is 44.6 Å². The fourth-order valence-corrected chi connectivity index (χ4v) is 9.04.